The first-order valence-corrected chi connectivity index (χ1v) is 7.02. The number of amides is 1. The van der Waals surface area contributed by atoms with Crippen molar-refractivity contribution in [1.29, 1.82) is 0 Å². The van der Waals surface area contributed by atoms with Crippen molar-refractivity contribution >= 4 is 11.9 Å². The highest BCUT2D eigenvalue weighted by molar-refractivity contribution is 5.95. The Kier molecular flexibility index (Phi) is 4.65. The highest BCUT2D eigenvalue weighted by atomic mass is 16.5. The van der Waals surface area contributed by atoms with Crippen molar-refractivity contribution in [3.63, 3.8) is 0 Å². The van der Waals surface area contributed by atoms with Gasteiger partial charge in [-0.25, -0.2) is 0 Å². The number of hydrogen-bond acceptors (Lipinski definition) is 4. The SMILES string of the molecule is Cc1cc(-n2c(C)cc(C(=O)NCCCC(=O)O)c2C)no1. The van der Waals surface area contributed by atoms with Crippen LogP contribution in [0.25, 0.3) is 5.82 Å². The minimum atomic E-state index is -0.867. The molecule has 7 nitrogen and oxygen atoms in total. The third-order valence-corrected chi connectivity index (χ3v) is 3.37. The smallest absolute Gasteiger partial charge is 0.303 e. The summed E-state index contributed by atoms with van der Waals surface area (Å²) >= 11 is 0. The molecular formula is C15H19N3O4. The zero-order chi connectivity index (χ0) is 16.3. The summed E-state index contributed by atoms with van der Waals surface area (Å²) in [5, 5.41) is 15.3. The van der Waals surface area contributed by atoms with Crippen LogP contribution in [0, 0.1) is 20.8 Å². The molecule has 118 valence electrons. The van der Waals surface area contributed by atoms with E-state index in [0.717, 1.165) is 11.4 Å². The number of carboxylic acid groups (broad SMARTS) is 1. The molecule has 2 aromatic rings. The lowest BCUT2D eigenvalue weighted by molar-refractivity contribution is -0.137. The molecule has 0 radical (unpaired) electrons. The molecule has 0 unspecified atom stereocenters. The predicted molar refractivity (Wildman–Crippen MR) is 79.2 cm³/mol. The fraction of sp³-hybridized carbons (Fsp3) is 0.400. The number of aromatic nitrogens is 2. The summed E-state index contributed by atoms with van der Waals surface area (Å²) in [5.41, 5.74) is 2.19. The van der Waals surface area contributed by atoms with Gasteiger partial charge in [-0.2, -0.15) is 0 Å². The summed E-state index contributed by atoms with van der Waals surface area (Å²) in [6.07, 6.45) is 0.444. The van der Waals surface area contributed by atoms with Crippen LogP contribution in [0.4, 0.5) is 0 Å². The maximum absolute atomic E-state index is 12.2. The summed E-state index contributed by atoms with van der Waals surface area (Å²) in [6, 6.07) is 3.58. The van der Waals surface area contributed by atoms with E-state index < -0.39 is 5.97 Å². The van der Waals surface area contributed by atoms with Crippen molar-refractivity contribution in [2.45, 2.75) is 33.6 Å². The van der Waals surface area contributed by atoms with Crippen LogP contribution in [0.15, 0.2) is 16.7 Å². The highest BCUT2D eigenvalue weighted by Crippen LogP contribution is 2.20. The number of rotatable bonds is 6. The van der Waals surface area contributed by atoms with E-state index in [-0.39, 0.29) is 12.3 Å². The number of carboxylic acids is 1. The van der Waals surface area contributed by atoms with Gasteiger partial charge in [-0.3, -0.25) is 14.2 Å². The lowest BCUT2D eigenvalue weighted by Gasteiger charge is -2.06. The Morgan fingerprint density at radius 1 is 1.32 bits per heavy atom. The Morgan fingerprint density at radius 2 is 2.05 bits per heavy atom. The summed E-state index contributed by atoms with van der Waals surface area (Å²) in [6.45, 7) is 5.86. The zero-order valence-electron chi connectivity index (χ0n) is 12.8. The molecular weight excluding hydrogens is 286 g/mol. The van der Waals surface area contributed by atoms with Crippen LogP contribution in [0.5, 0.6) is 0 Å². The van der Waals surface area contributed by atoms with Crippen LogP contribution in [0.1, 0.15) is 40.3 Å². The fourth-order valence-electron chi connectivity index (χ4n) is 2.34. The maximum atomic E-state index is 12.2. The Hall–Kier alpha value is -2.57. The normalized spacial score (nSPS) is 10.7. The van der Waals surface area contributed by atoms with E-state index in [9.17, 15) is 9.59 Å². The van der Waals surface area contributed by atoms with E-state index in [1.54, 1.807) is 19.1 Å². The first-order chi connectivity index (χ1) is 10.4. The van der Waals surface area contributed by atoms with Gasteiger partial charge in [0, 0.05) is 30.4 Å². The average molecular weight is 305 g/mol. The standard InChI is InChI=1S/C15H19N3O4/c1-9-7-12(15(21)16-6-4-5-14(19)20)11(3)18(9)13-8-10(2)22-17-13/h7-8H,4-6H2,1-3H3,(H,16,21)(H,19,20). The number of hydrogen-bond donors (Lipinski definition) is 2. The molecule has 2 rings (SSSR count). The molecule has 0 aliphatic rings. The Morgan fingerprint density at radius 3 is 2.64 bits per heavy atom. The maximum Gasteiger partial charge on any atom is 0.303 e. The molecule has 2 heterocycles. The molecule has 22 heavy (non-hydrogen) atoms. The first-order valence-electron chi connectivity index (χ1n) is 7.02. The van der Waals surface area contributed by atoms with Crippen LogP contribution in [0.2, 0.25) is 0 Å². The van der Waals surface area contributed by atoms with E-state index in [2.05, 4.69) is 10.5 Å². The van der Waals surface area contributed by atoms with E-state index in [1.807, 2.05) is 18.4 Å². The van der Waals surface area contributed by atoms with Gasteiger partial charge < -0.3 is 14.9 Å². The van der Waals surface area contributed by atoms with E-state index in [1.165, 1.54) is 0 Å². The van der Waals surface area contributed by atoms with Gasteiger partial charge in [0.05, 0.1) is 5.56 Å². The van der Waals surface area contributed by atoms with Gasteiger partial charge in [0.25, 0.3) is 5.91 Å². The van der Waals surface area contributed by atoms with Crippen molar-refractivity contribution in [2.24, 2.45) is 0 Å². The summed E-state index contributed by atoms with van der Waals surface area (Å²) in [5.74, 6) is 0.249. The quantitative estimate of drug-likeness (QED) is 0.795. The van der Waals surface area contributed by atoms with Gasteiger partial charge in [-0.15, -0.1) is 0 Å². The molecule has 0 atom stereocenters. The van der Waals surface area contributed by atoms with Gasteiger partial charge in [-0.1, -0.05) is 5.16 Å². The molecule has 2 aromatic heterocycles. The summed E-state index contributed by atoms with van der Waals surface area (Å²) in [4.78, 5) is 22.6. The van der Waals surface area contributed by atoms with Crippen molar-refractivity contribution in [1.82, 2.24) is 15.0 Å². The molecule has 0 bridgehead atoms. The van der Waals surface area contributed by atoms with Crippen LogP contribution in [-0.4, -0.2) is 33.3 Å². The number of carbonyl (C=O) groups excluding carboxylic acids is 1. The molecule has 0 aromatic carbocycles. The first kappa shape index (κ1) is 15.8. The Bertz CT molecular complexity index is 700. The highest BCUT2D eigenvalue weighted by Gasteiger charge is 2.18. The predicted octanol–water partition coefficient (Wildman–Crippen LogP) is 1.99. The number of aliphatic carboxylic acids is 1. The molecule has 0 saturated carbocycles. The average Bonchev–Trinajstić information content (AvgIpc) is 2.98. The second kappa shape index (κ2) is 6.46. The lowest BCUT2D eigenvalue weighted by Crippen LogP contribution is -2.25. The van der Waals surface area contributed by atoms with E-state index >= 15 is 0 Å². The largest absolute Gasteiger partial charge is 0.481 e. The third-order valence-electron chi connectivity index (χ3n) is 3.37. The number of nitrogens with one attached hydrogen (secondary N) is 1. The van der Waals surface area contributed by atoms with Gasteiger partial charge >= 0.3 is 5.97 Å². The van der Waals surface area contributed by atoms with Crippen molar-refractivity contribution < 1.29 is 19.2 Å². The summed E-state index contributed by atoms with van der Waals surface area (Å²) < 4.78 is 6.92. The Labute approximate surface area is 127 Å². The van der Waals surface area contributed by atoms with Gasteiger partial charge in [0.1, 0.15) is 5.76 Å². The lowest BCUT2D eigenvalue weighted by atomic mass is 10.2. The van der Waals surface area contributed by atoms with Crippen LogP contribution in [-0.2, 0) is 4.79 Å². The number of aryl methyl sites for hydroxylation is 2. The monoisotopic (exact) mass is 305 g/mol. The number of nitrogens with zero attached hydrogens (tertiary/aromatic N) is 2. The molecule has 0 saturated heterocycles. The second-order valence-corrected chi connectivity index (χ2v) is 5.17. The fourth-order valence-corrected chi connectivity index (χ4v) is 2.34. The van der Waals surface area contributed by atoms with E-state index in [0.29, 0.717) is 30.1 Å². The van der Waals surface area contributed by atoms with Crippen LogP contribution in [0.3, 0.4) is 0 Å². The molecule has 2 N–H and O–H groups in total. The molecule has 0 aliphatic carbocycles. The van der Waals surface area contributed by atoms with Crippen molar-refractivity contribution in [2.75, 3.05) is 6.54 Å². The second-order valence-electron chi connectivity index (χ2n) is 5.17. The van der Waals surface area contributed by atoms with E-state index in [4.69, 9.17) is 9.63 Å². The third kappa shape index (κ3) is 3.36. The minimum Gasteiger partial charge on any atom is -0.481 e. The molecule has 7 heteroatoms. The minimum absolute atomic E-state index is 0.0392. The number of carbonyl (C=O) groups is 2. The molecule has 0 spiro atoms. The van der Waals surface area contributed by atoms with Gasteiger partial charge in [0.15, 0.2) is 5.82 Å². The molecule has 0 fully saturated rings. The zero-order valence-corrected chi connectivity index (χ0v) is 12.8. The van der Waals surface area contributed by atoms with Crippen molar-refractivity contribution in [3.05, 3.63) is 34.8 Å². The van der Waals surface area contributed by atoms with Crippen LogP contribution >= 0.6 is 0 Å². The molecule has 1 amide bonds. The summed E-state index contributed by atoms with van der Waals surface area (Å²) in [7, 11) is 0. The van der Waals surface area contributed by atoms with Crippen molar-refractivity contribution in [3.8, 4) is 5.82 Å². The topological polar surface area (TPSA) is 97.4 Å². The van der Waals surface area contributed by atoms with Gasteiger partial charge in [0.2, 0.25) is 0 Å². The van der Waals surface area contributed by atoms with Crippen LogP contribution < -0.4 is 5.32 Å². The molecule has 0 aliphatic heterocycles. The Balaban J connectivity index is 2.12. The van der Waals surface area contributed by atoms with Gasteiger partial charge in [-0.05, 0) is 33.3 Å².